The summed E-state index contributed by atoms with van der Waals surface area (Å²) in [6.45, 7) is 0. The molecule has 2 rings (SSSR count). The Hall–Kier alpha value is -2.22. The molecule has 0 radical (unpaired) electrons. The lowest BCUT2D eigenvalue weighted by Crippen LogP contribution is -2.16. The van der Waals surface area contributed by atoms with Crippen molar-refractivity contribution in [3.63, 3.8) is 0 Å². The van der Waals surface area contributed by atoms with E-state index in [0.29, 0.717) is 0 Å². The van der Waals surface area contributed by atoms with Crippen LogP contribution < -0.4 is 10.5 Å². The van der Waals surface area contributed by atoms with E-state index in [1.807, 2.05) is 4.72 Å². The molecule has 1 heterocycles. The Kier molecular flexibility index (Phi) is 3.34. The minimum Gasteiger partial charge on any atom is -0.396 e. The number of nitrogens with one attached hydrogen (secondary N) is 1. The molecule has 1 aromatic heterocycles. The average Bonchev–Trinajstić information content (AvgIpc) is 2.34. The maximum atomic E-state index is 13.4. The number of hydrogen-bond donors (Lipinski definition) is 2. The number of hydrogen-bond acceptors (Lipinski definition) is 4. The molecule has 5 nitrogen and oxygen atoms in total. The monoisotopic (exact) mass is 285 g/mol. The van der Waals surface area contributed by atoms with Crippen LogP contribution in [0.1, 0.15) is 0 Å². The van der Waals surface area contributed by atoms with Gasteiger partial charge in [0, 0.05) is 12.3 Å². The van der Waals surface area contributed by atoms with Crippen molar-refractivity contribution in [2.45, 2.75) is 5.03 Å². The van der Waals surface area contributed by atoms with Crippen molar-refractivity contribution in [3.05, 3.63) is 48.2 Å². The highest BCUT2D eigenvalue weighted by Gasteiger charge is 2.20. The van der Waals surface area contributed by atoms with Crippen LogP contribution in [0.15, 0.2) is 41.6 Å². The van der Waals surface area contributed by atoms with Gasteiger partial charge in [-0.25, -0.2) is 13.8 Å². The first kappa shape index (κ1) is 13.2. The van der Waals surface area contributed by atoms with Gasteiger partial charge in [-0.2, -0.15) is 8.42 Å². The molecule has 0 saturated carbocycles. The molecule has 0 bridgehead atoms. The summed E-state index contributed by atoms with van der Waals surface area (Å²) in [6, 6.07) is 5.58. The second kappa shape index (κ2) is 4.81. The fraction of sp³-hybridized carbons (Fsp3) is 0. The topological polar surface area (TPSA) is 85.1 Å². The molecule has 0 aliphatic heterocycles. The van der Waals surface area contributed by atoms with E-state index in [4.69, 9.17) is 5.73 Å². The molecule has 0 spiro atoms. The number of nitrogens with zero attached hydrogens (tertiary/aromatic N) is 1. The van der Waals surface area contributed by atoms with Gasteiger partial charge in [0.05, 0.1) is 11.4 Å². The Bertz CT molecular complexity index is 720. The van der Waals surface area contributed by atoms with Gasteiger partial charge in [0.2, 0.25) is 5.03 Å². The largest absolute Gasteiger partial charge is 0.396 e. The van der Waals surface area contributed by atoms with Crippen LogP contribution in [0.3, 0.4) is 0 Å². The summed E-state index contributed by atoms with van der Waals surface area (Å²) < 4.78 is 52.3. The Labute approximate surface area is 108 Å². The molecule has 1 aromatic carbocycles. The predicted molar refractivity (Wildman–Crippen MR) is 65.8 cm³/mol. The van der Waals surface area contributed by atoms with Gasteiger partial charge in [-0.1, -0.05) is 0 Å². The third-order valence-corrected chi connectivity index (χ3v) is 3.55. The summed E-state index contributed by atoms with van der Waals surface area (Å²) in [5.41, 5.74) is 5.07. The molecular formula is C11H9F2N3O2S. The SMILES string of the molecule is Nc1ccc(NS(=O)(=O)c2ncccc2F)cc1F. The highest BCUT2D eigenvalue weighted by molar-refractivity contribution is 7.92. The normalized spacial score (nSPS) is 11.3. The highest BCUT2D eigenvalue weighted by atomic mass is 32.2. The Morgan fingerprint density at radius 1 is 1.16 bits per heavy atom. The predicted octanol–water partition coefficient (Wildman–Crippen LogP) is 1.74. The number of aromatic nitrogens is 1. The minimum absolute atomic E-state index is 0.0725. The number of rotatable bonds is 3. The molecular weight excluding hydrogens is 276 g/mol. The fourth-order valence-electron chi connectivity index (χ4n) is 1.36. The molecule has 0 unspecified atom stereocenters. The van der Waals surface area contributed by atoms with E-state index in [9.17, 15) is 17.2 Å². The molecule has 0 amide bonds. The third-order valence-electron chi connectivity index (χ3n) is 2.23. The van der Waals surface area contributed by atoms with Crippen molar-refractivity contribution in [3.8, 4) is 0 Å². The smallest absolute Gasteiger partial charge is 0.282 e. The zero-order valence-corrected chi connectivity index (χ0v) is 10.3. The van der Waals surface area contributed by atoms with Crippen LogP contribution in [0.2, 0.25) is 0 Å². The first-order valence-electron chi connectivity index (χ1n) is 5.08. The summed E-state index contributed by atoms with van der Waals surface area (Å²) >= 11 is 0. The molecule has 100 valence electrons. The van der Waals surface area contributed by atoms with Crippen LogP contribution in [0.5, 0.6) is 0 Å². The minimum atomic E-state index is -4.22. The lowest BCUT2D eigenvalue weighted by Gasteiger charge is -2.08. The second-order valence-electron chi connectivity index (χ2n) is 3.63. The Morgan fingerprint density at radius 2 is 1.89 bits per heavy atom. The zero-order chi connectivity index (χ0) is 14.0. The van der Waals surface area contributed by atoms with Gasteiger partial charge in [0.25, 0.3) is 10.0 Å². The number of nitrogens with two attached hydrogens (primary N) is 1. The van der Waals surface area contributed by atoms with Gasteiger partial charge >= 0.3 is 0 Å². The number of halogens is 2. The molecule has 2 aromatic rings. The first-order valence-corrected chi connectivity index (χ1v) is 6.57. The maximum absolute atomic E-state index is 13.4. The fourth-order valence-corrected chi connectivity index (χ4v) is 2.42. The molecule has 0 aliphatic rings. The second-order valence-corrected chi connectivity index (χ2v) is 5.23. The summed E-state index contributed by atoms with van der Waals surface area (Å²) in [6.07, 6.45) is 1.14. The van der Waals surface area contributed by atoms with Crippen LogP contribution in [0.25, 0.3) is 0 Å². The van der Waals surface area contributed by atoms with Gasteiger partial charge in [0.1, 0.15) is 5.82 Å². The number of anilines is 2. The number of pyridine rings is 1. The van der Waals surface area contributed by atoms with Crippen molar-refractivity contribution in [2.24, 2.45) is 0 Å². The summed E-state index contributed by atoms with van der Waals surface area (Å²) in [5, 5.41) is -0.757. The van der Waals surface area contributed by atoms with Crippen LogP contribution in [0.4, 0.5) is 20.2 Å². The van der Waals surface area contributed by atoms with E-state index in [-0.39, 0.29) is 11.4 Å². The average molecular weight is 285 g/mol. The molecule has 3 N–H and O–H groups in total. The van der Waals surface area contributed by atoms with Gasteiger partial charge in [0.15, 0.2) is 5.82 Å². The van der Waals surface area contributed by atoms with Gasteiger partial charge in [-0.15, -0.1) is 0 Å². The highest BCUT2D eigenvalue weighted by Crippen LogP contribution is 2.20. The molecule has 0 aliphatic carbocycles. The van der Waals surface area contributed by atoms with Crippen molar-refractivity contribution in [1.29, 1.82) is 0 Å². The van der Waals surface area contributed by atoms with Gasteiger partial charge in [-0.3, -0.25) is 4.72 Å². The molecule has 8 heteroatoms. The van der Waals surface area contributed by atoms with E-state index in [0.717, 1.165) is 18.3 Å². The van der Waals surface area contributed by atoms with Gasteiger partial charge in [-0.05, 0) is 24.3 Å². The Balaban J connectivity index is 2.37. The molecule has 0 atom stereocenters. The van der Waals surface area contributed by atoms with Crippen molar-refractivity contribution >= 4 is 21.4 Å². The number of benzene rings is 1. The maximum Gasteiger partial charge on any atom is 0.282 e. The zero-order valence-electron chi connectivity index (χ0n) is 9.47. The quantitative estimate of drug-likeness (QED) is 0.841. The lowest BCUT2D eigenvalue weighted by molar-refractivity contribution is 0.557. The van der Waals surface area contributed by atoms with E-state index < -0.39 is 26.7 Å². The summed E-state index contributed by atoms with van der Waals surface area (Å²) in [7, 11) is -4.22. The number of sulfonamides is 1. The van der Waals surface area contributed by atoms with Crippen LogP contribution in [-0.2, 0) is 10.0 Å². The van der Waals surface area contributed by atoms with Crippen LogP contribution in [0, 0.1) is 11.6 Å². The number of nitrogen functional groups attached to an aromatic ring is 1. The van der Waals surface area contributed by atoms with E-state index in [2.05, 4.69) is 4.98 Å². The molecule has 0 fully saturated rings. The first-order chi connectivity index (χ1) is 8.90. The van der Waals surface area contributed by atoms with Crippen molar-refractivity contribution in [2.75, 3.05) is 10.5 Å². The van der Waals surface area contributed by atoms with Crippen molar-refractivity contribution in [1.82, 2.24) is 4.98 Å². The Morgan fingerprint density at radius 3 is 2.53 bits per heavy atom. The van der Waals surface area contributed by atoms with E-state index in [1.54, 1.807) is 0 Å². The molecule has 19 heavy (non-hydrogen) atoms. The summed E-state index contributed by atoms with van der Waals surface area (Å²) in [4.78, 5) is 3.44. The standard InChI is InChI=1S/C11H9F2N3O2S/c12-8-2-1-5-15-11(8)19(17,18)16-7-3-4-10(14)9(13)6-7/h1-6,16H,14H2. The lowest BCUT2D eigenvalue weighted by atomic mass is 10.3. The van der Waals surface area contributed by atoms with Gasteiger partial charge < -0.3 is 5.73 Å². The van der Waals surface area contributed by atoms with E-state index >= 15 is 0 Å². The van der Waals surface area contributed by atoms with Crippen LogP contribution >= 0.6 is 0 Å². The molecule has 0 saturated heterocycles. The van der Waals surface area contributed by atoms with Crippen LogP contribution in [-0.4, -0.2) is 13.4 Å². The third kappa shape index (κ3) is 2.79. The van der Waals surface area contributed by atoms with Crippen molar-refractivity contribution < 1.29 is 17.2 Å². The summed E-state index contributed by atoms with van der Waals surface area (Å²) in [5.74, 6) is -1.77. The van der Waals surface area contributed by atoms with E-state index in [1.165, 1.54) is 18.2 Å².